The third-order valence-corrected chi connectivity index (χ3v) is 4.50. The maximum atomic E-state index is 11.1. The Kier molecular flexibility index (Phi) is 5.02. The van der Waals surface area contributed by atoms with Crippen LogP contribution in [0, 0.1) is 0 Å². The summed E-state index contributed by atoms with van der Waals surface area (Å²) < 4.78 is 0. The molecule has 0 saturated carbocycles. The van der Waals surface area contributed by atoms with Crippen molar-refractivity contribution < 1.29 is 4.79 Å². The molecule has 0 aliphatic carbocycles. The summed E-state index contributed by atoms with van der Waals surface area (Å²) in [5.41, 5.74) is 4.53. The van der Waals surface area contributed by atoms with E-state index in [1.54, 1.807) is 0 Å². The Morgan fingerprint density at radius 1 is 0.955 bits per heavy atom. The second-order valence-corrected chi connectivity index (χ2v) is 6.05. The maximum Gasteiger partial charge on any atom is 0.150 e. The zero-order chi connectivity index (χ0) is 15.2. The first kappa shape index (κ1) is 15.0. The summed E-state index contributed by atoms with van der Waals surface area (Å²) >= 11 is 0. The highest BCUT2D eigenvalue weighted by atomic mass is 16.1. The van der Waals surface area contributed by atoms with Gasteiger partial charge in [0, 0.05) is 12.1 Å². The SMILES string of the molecule is O=Cc1ccc(-c2ccccc2)c(CCN2CCCCC2)c1. The number of rotatable bonds is 5. The van der Waals surface area contributed by atoms with Crippen LogP contribution >= 0.6 is 0 Å². The van der Waals surface area contributed by atoms with Gasteiger partial charge in [-0.05, 0) is 55.1 Å². The van der Waals surface area contributed by atoms with E-state index in [1.165, 1.54) is 49.0 Å². The Labute approximate surface area is 132 Å². The van der Waals surface area contributed by atoms with E-state index in [9.17, 15) is 4.79 Å². The van der Waals surface area contributed by atoms with Crippen molar-refractivity contribution in [2.75, 3.05) is 19.6 Å². The van der Waals surface area contributed by atoms with Gasteiger partial charge in [0.15, 0.2) is 0 Å². The number of aldehydes is 1. The normalized spacial score (nSPS) is 15.6. The Morgan fingerprint density at radius 2 is 1.73 bits per heavy atom. The summed E-state index contributed by atoms with van der Waals surface area (Å²) in [6.45, 7) is 3.52. The fourth-order valence-electron chi connectivity index (χ4n) is 3.25. The number of carbonyl (C=O) groups excluding carboxylic acids is 1. The average molecular weight is 293 g/mol. The van der Waals surface area contributed by atoms with Gasteiger partial charge < -0.3 is 4.90 Å². The molecule has 1 aliphatic heterocycles. The van der Waals surface area contributed by atoms with Gasteiger partial charge in [0.25, 0.3) is 0 Å². The van der Waals surface area contributed by atoms with Crippen LogP contribution in [0.4, 0.5) is 0 Å². The molecule has 1 saturated heterocycles. The molecule has 0 N–H and O–H groups in total. The number of hydrogen-bond acceptors (Lipinski definition) is 2. The van der Waals surface area contributed by atoms with E-state index in [1.807, 2.05) is 12.1 Å². The van der Waals surface area contributed by atoms with Crippen LogP contribution in [0.25, 0.3) is 11.1 Å². The second-order valence-electron chi connectivity index (χ2n) is 6.05. The zero-order valence-electron chi connectivity index (χ0n) is 13.0. The Balaban J connectivity index is 1.82. The first-order valence-electron chi connectivity index (χ1n) is 8.23. The minimum absolute atomic E-state index is 0.772. The number of nitrogens with zero attached hydrogens (tertiary/aromatic N) is 1. The van der Waals surface area contributed by atoms with Crippen molar-refractivity contribution in [3.63, 3.8) is 0 Å². The lowest BCUT2D eigenvalue weighted by atomic mass is 9.95. The predicted molar refractivity (Wildman–Crippen MR) is 91.3 cm³/mol. The van der Waals surface area contributed by atoms with Crippen LogP contribution in [0.5, 0.6) is 0 Å². The number of likely N-dealkylation sites (tertiary alicyclic amines) is 1. The van der Waals surface area contributed by atoms with Crippen LogP contribution in [0.3, 0.4) is 0 Å². The second kappa shape index (κ2) is 7.37. The molecule has 2 aromatic carbocycles. The Morgan fingerprint density at radius 3 is 2.45 bits per heavy atom. The fourth-order valence-corrected chi connectivity index (χ4v) is 3.25. The van der Waals surface area contributed by atoms with Gasteiger partial charge in [0.2, 0.25) is 0 Å². The lowest BCUT2D eigenvalue weighted by Crippen LogP contribution is -2.31. The highest BCUT2D eigenvalue weighted by Gasteiger charge is 2.12. The Bertz CT molecular complexity index is 615. The fraction of sp³-hybridized carbons (Fsp3) is 0.350. The van der Waals surface area contributed by atoms with Crippen molar-refractivity contribution in [1.82, 2.24) is 4.90 Å². The van der Waals surface area contributed by atoms with Crippen LogP contribution in [0.2, 0.25) is 0 Å². The highest BCUT2D eigenvalue weighted by molar-refractivity contribution is 5.78. The van der Waals surface area contributed by atoms with Crippen molar-refractivity contribution in [2.45, 2.75) is 25.7 Å². The summed E-state index contributed by atoms with van der Waals surface area (Å²) in [5, 5.41) is 0. The first-order chi connectivity index (χ1) is 10.9. The van der Waals surface area contributed by atoms with E-state index in [0.717, 1.165) is 24.8 Å². The molecule has 0 unspecified atom stereocenters. The number of hydrogen-bond donors (Lipinski definition) is 0. The van der Waals surface area contributed by atoms with E-state index in [2.05, 4.69) is 41.3 Å². The van der Waals surface area contributed by atoms with Gasteiger partial charge in [0.05, 0.1) is 0 Å². The van der Waals surface area contributed by atoms with E-state index in [0.29, 0.717) is 0 Å². The van der Waals surface area contributed by atoms with Crippen LogP contribution in [-0.2, 0) is 6.42 Å². The molecule has 0 aromatic heterocycles. The van der Waals surface area contributed by atoms with E-state index >= 15 is 0 Å². The lowest BCUT2D eigenvalue weighted by Gasteiger charge is -2.26. The molecule has 1 aliphatic rings. The first-order valence-corrected chi connectivity index (χ1v) is 8.23. The van der Waals surface area contributed by atoms with Gasteiger partial charge in [-0.2, -0.15) is 0 Å². The smallest absolute Gasteiger partial charge is 0.150 e. The molecular weight excluding hydrogens is 270 g/mol. The third-order valence-electron chi connectivity index (χ3n) is 4.50. The van der Waals surface area contributed by atoms with Gasteiger partial charge in [0.1, 0.15) is 6.29 Å². The average Bonchev–Trinajstić information content (AvgIpc) is 2.61. The molecule has 0 atom stereocenters. The number of benzene rings is 2. The molecule has 2 aromatic rings. The Hall–Kier alpha value is -1.93. The van der Waals surface area contributed by atoms with Crippen molar-refractivity contribution >= 4 is 6.29 Å². The van der Waals surface area contributed by atoms with E-state index in [4.69, 9.17) is 0 Å². The van der Waals surface area contributed by atoms with Gasteiger partial charge in [-0.25, -0.2) is 0 Å². The summed E-state index contributed by atoms with van der Waals surface area (Å²) in [7, 11) is 0. The molecule has 0 bridgehead atoms. The van der Waals surface area contributed by atoms with Gasteiger partial charge in [-0.3, -0.25) is 4.79 Å². The molecule has 2 nitrogen and oxygen atoms in total. The minimum atomic E-state index is 0.772. The molecule has 0 amide bonds. The predicted octanol–water partition coefficient (Wildman–Crippen LogP) is 4.19. The zero-order valence-corrected chi connectivity index (χ0v) is 13.0. The van der Waals surface area contributed by atoms with Gasteiger partial charge >= 0.3 is 0 Å². The summed E-state index contributed by atoms with van der Waals surface area (Å²) in [5.74, 6) is 0. The molecule has 1 heterocycles. The molecule has 1 fully saturated rings. The monoisotopic (exact) mass is 293 g/mol. The highest BCUT2D eigenvalue weighted by Crippen LogP contribution is 2.25. The summed E-state index contributed by atoms with van der Waals surface area (Å²) in [6.07, 6.45) is 5.96. The molecule has 0 radical (unpaired) electrons. The number of carbonyl (C=O) groups is 1. The van der Waals surface area contributed by atoms with Crippen molar-refractivity contribution in [2.24, 2.45) is 0 Å². The largest absolute Gasteiger partial charge is 0.303 e. The molecule has 22 heavy (non-hydrogen) atoms. The molecule has 3 rings (SSSR count). The summed E-state index contributed by atoms with van der Waals surface area (Å²) in [4.78, 5) is 13.6. The quantitative estimate of drug-likeness (QED) is 0.770. The standard InChI is InChI=1S/C20H23NO/c22-16-17-9-10-20(18-7-3-1-4-8-18)19(15-17)11-14-21-12-5-2-6-13-21/h1,3-4,7-10,15-16H,2,5-6,11-14H2. The van der Waals surface area contributed by atoms with E-state index < -0.39 is 0 Å². The van der Waals surface area contributed by atoms with Crippen LogP contribution in [0.15, 0.2) is 48.5 Å². The topological polar surface area (TPSA) is 20.3 Å². The molecule has 0 spiro atoms. The molecule has 2 heteroatoms. The van der Waals surface area contributed by atoms with Crippen molar-refractivity contribution in [1.29, 1.82) is 0 Å². The molecular formula is C20H23NO. The van der Waals surface area contributed by atoms with Crippen LogP contribution in [0.1, 0.15) is 35.2 Å². The van der Waals surface area contributed by atoms with Gasteiger partial charge in [-0.15, -0.1) is 0 Å². The van der Waals surface area contributed by atoms with Crippen LogP contribution in [-0.4, -0.2) is 30.8 Å². The van der Waals surface area contributed by atoms with E-state index in [-0.39, 0.29) is 0 Å². The minimum Gasteiger partial charge on any atom is -0.303 e. The third kappa shape index (κ3) is 3.63. The number of piperidine rings is 1. The summed E-state index contributed by atoms with van der Waals surface area (Å²) in [6, 6.07) is 16.5. The van der Waals surface area contributed by atoms with Crippen molar-refractivity contribution in [3.05, 3.63) is 59.7 Å². The molecule has 114 valence electrons. The van der Waals surface area contributed by atoms with Gasteiger partial charge in [-0.1, -0.05) is 48.9 Å². The van der Waals surface area contributed by atoms with Crippen molar-refractivity contribution in [3.8, 4) is 11.1 Å². The van der Waals surface area contributed by atoms with Crippen LogP contribution < -0.4 is 0 Å². The lowest BCUT2D eigenvalue weighted by molar-refractivity contribution is 0.112. The maximum absolute atomic E-state index is 11.1.